The Balaban J connectivity index is 2.10. The third-order valence-corrected chi connectivity index (χ3v) is 2.10. The molecule has 15 heavy (non-hydrogen) atoms. The molecule has 0 amide bonds. The highest BCUT2D eigenvalue weighted by Gasteiger charge is 1.99. The van der Waals surface area contributed by atoms with Crippen LogP contribution < -0.4 is 0 Å². The van der Waals surface area contributed by atoms with Gasteiger partial charge in [-0.05, 0) is 24.8 Å². The summed E-state index contributed by atoms with van der Waals surface area (Å²) in [4.78, 5) is 11.0. The number of rotatable bonds is 6. The molecule has 0 heterocycles. The number of benzene rings is 1. The van der Waals surface area contributed by atoms with E-state index in [0.29, 0.717) is 19.4 Å². The van der Waals surface area contributed by atoms with Crippen molar-refractivity contribution in [2.24, 2.45) is 0 Å². The summed E-state index contributed by atoms with van der Waals surface area (Å²) in [6.07, 6.45) is 2.87. The second-order valence-corrected chi connectivity index (χ2v) is 3.41. The number of hydrogen-bond donors (Lipinski definition) is 0. The maximum absolute atomic E-state index is 11.0. The summed E-state index contributed by atoms with van der Waals surface area (Å²) >= 11 is 0. The van der Waals surface area contributed by atoms with Crippen LogP contribution in [0.4, 0.5) is 0 Å². The lowest BCUT2D eigenvalue weighted by Crippen LogP contribution is -2.05. The van der Waals surface area contributed by atoms with E-state index in [1.807, 2.05) is 18.2 Å². The molecule has 2 nitrogen and oxygen atoms in total. The number of ether oxygens (including phenoxy) is 1. The lowest BCUT2D eigenvalue weighted by molar-refractivity contribution is -0.143. The normalized spacial score (nSPS) is 9.93. The van der Waals surface area contributed by atoms with E-state index in [9.17, 15) is 4.79 Å². The van der Waals surface area contributed by atoms with Crippen molar-refractivity contribution < 1.29 is 9.53 Å². The molecule has 0 atom stereocenters. The van der Waals surface area contributed by atoms with Crippen molar-refractivity contribution in [3.05, 3.63) is 42.8 Å². The SMILES string of the molecule is [CH2]CCC(=O)OCCCc1ccccc1. The summed E-state index contributed by atoms with van der Waals surface area (Å²) in [6, 6.07) is 10.2. The highest BCUT2D eigenvalue weighted by molar-refractivity contribution is 5.69. The third-order valence-electron chi connectivity index (χ3n) is 2.10. The van der Waals surface area contributed by atoms with Gasteiger partial charge in [-0.25, -0.2) is 0 Å². The minimum Gasteiger partial charge on any atom is -0.466 e. The van der Waals surface area contributed by atoms with Crippen LogP contribution in [0.2, 0.25) is 0 Å². The van der Waals surface area contributed by atoms with E-state index in [-0.39, 0.29) is 5.97 Å². The van der Waals surface area contributed by atoms with Crippen LogP contribution in [0, 0.1) is 6.92 Å². The van der Waals surface area contributed by atoms with Crippen LogP contribution in [0.15, 0.2) is 30.3 Å². The lowest BCUT2D eigenvalue weighted by atomic mass is 10.1. The van der Waals surface area contributed by atoms with Gasteiger partial charge in [0.15, 0.2) is 0 Å². The molecule has 0 saturated carbocycles. The van der Waals surface area contributed by atoms with Gasteiger partial charge in [-0.3, -0.25) is 4.79 Å². The van der Waals surface area contributed by atoms with Gasteiger partial charge in [0.1, 0.15) is 0 Å². The molecule has 1 aromatic carbocycles. The van der Waals surface area contributed by atoms with Gasteiger partial charge in [0.2, 0.25) is 0 Å². The van der Waals surface area contributed by atoms with Crippen LogP contribution in [0.3, 0.4) is 0 Å². The summed E-state index contributed by atoms with van der Waals surface area (Å²) in [5.41, 5.74) is 1.28. The summed E-state index contributed by atoms with van der Waals surface area (Å²) < 4.78 is 5.03. The zero-order valence-corrected chi connectivity index (χ0v) is 8.95. The second-order valence-electron chi connectivity index (χ2n) is 3.41. The van der Waals surface area contributed by atoms with Crippen molar-refractivity contribution in [2.75, 3.05) is 6.61 Å². The van der Waals surface area contributed by atoms with Gasteiger partial charge >= 0.3 is 5.97 Å². The van der Waals surface area contributed by atoms with Crippen molar-refractivity contribution >= 4 is 5.97 Å². The van der Waals surface area contributed by atoms with Crippen molar-refractivity contribution in [1.29, 1.82) is 0 Å². The van der Waals surface area contributed by atoms with E-state index in [1.165, 1.54) is 5.56 Å². The zero-order valence-electron chi connectivity index (χ0n) is 8.95. The molecule has 0 fully saturated rings. The molecule has 0 aliphatic carbocycles. The molecule has 0 bridgehead atoms. The molecule has 81 valence electrons. The van der Waals surface area contributed by atoms with E-state index in [4.69, 9.17) is 4.74 Å². The standard InChI is InChI=1S/C13H17O2/c1-2-7-13(14)15-11-6-10-12-8-4-3-5-9-12/h3-5,8-9H,1-2,6-7,10-11H2. The fourth-order valence-electron chi connectivity index (χ4n) is 1.32. The molecule has 1 aromatic rings. The number of aryl methyl sites for hydroxylation is 1. The molecule has 0 unspecified atom stereocenters. The third kappa shape index (κ3) is 5.21. The predicted molar refractivity (Wildman–Crippen MR) is 60.3 cm³/mol. The molecular formula is C13H17O2. The Morgan fingerprint density at radius 2 is 2.00 bits per heavy atom. The number of carbonyl (C=O) groups is 1. The van der Waals surface area contributed by atoms with Crippen molar-refractivity contribution in [3.8, 4) is 0 Å². The molecular weight excluding hydrogens is 188 g/mol. The quantitative estimate of drug-likeness (QED) is 0.527. The van der Waals surface area contributed by atoms with Crippen LogP contribution in [-0.2, 0) is 16.0 Å². The summed E-state index contributed by atoms with van der Waals surface area (Å²) in [5, 5.41) is 0. The highest BCUT2D eigenvalue weighted by Crippen LogP contribution is 2.02. The van der Waals surface area contributed by atoms with Crippen molar-refractivity contribution in [2.45, 2.75) is 25.7 Å². The van der Waals surface area contributed by atoms with E-state index in [1.54, 1.807) is 0 Å². The molecule has 0 aliphatic heterocycles. The first-order valence-corrected chi connectivity index (χ1v) is 5.31. The molecule has 0 aliphatic rings. The summed E-state index contributed by atoms with van der Waals surface area (Å²) in [5.74, 6) is -0.141. The Morgan fingerprint density at radius 3 is 2.67 bits per heavy atom. The first-order chi connectivity index (χ1) is 7.33. The summed E-state index contributed by atoms with van der Waals surface area (Å²) in [7, 11) is 0. The second kappa shape index (κ2) is 7.04. The number of esters is 1. The van der Waals surface area contributed by atoms with Crippen LogP contribution in [0.1, 0.15) is 24.8 Å². The molecule has 0 N–H and O–H groups in total. The molecule has 2 heteroatoms. The lowest BCUT2D eigenvalue weighted by Gasteiger charge is -2.03. The first-order valence-electron chi connectivity index (χ1n) is 5.31. The Labute approximate surface area is 91.3 Å². The smallest absolute Gasteiger partial charge is 0.305 e. The van der Waals surface area contributed by atoms with Crippen LogP contribution in [0.5, 0.6) is 0 Å². The topological polar surface area (TPSA) is 26.3 Å². The van der Waals surface area contributed by atoms with E-state index < -0.39 is 0 Å². The van der Waals surface area contributed by atoms with Gasteiger partial charge in [0.05, 0.1) is 6.61 Å². The Morgan fingerprint density at radius 1 is 1.27 bits per heavy atom. The van der Waals surface area contributed by atoms with Crippen molar-refractivity contribution in [3.63, 3.8) is 0 Å². The number of carbonyl (C=O) groups excluding carboxylic acids is 1. The molecule has 1 radical (unpaired) electrons. The van der Waals surface area contributed by atoms with E-state index >= 15 is 0 Å². The molecule has 0 aromatic heterocycles. The maximum Gasteiger partial charge on any atom is 0.305 e. The molecule has 1 rings (SSSR count). The van der Waals surface area contributed by atoms with E-state index in [2.05, 4.69) is 19.1 Å². The minimum atomic E-state index is -0.141. The summed E-state index contributed by atoms with van der Waals surface area (Å²) in [6.45, 7) is 4.11. The van der Waals surface area contributed by atoms with E-state index in [0.717, 1.165) is 12.8 Å². The first kappa shape index (κ1) is 11.8. The Bertz CT molecular complexity index is 280. The van der Waals surface area contributed by atoms with Gasteiger partial charge in [-0.2, -0.15) is 0 Å². The van der Waals surface area contributed by atoms with Gasteiger partial charge in [0, 0.05) is 6.42 Å². The largest absolute Gasteiger partial charge is 0.466 e. The van der Waals surface area contributed by atoms with Gasteiger partial charge in [-0.1, -0.05) is 37.3 Å². The van der Waals surface area contributed by atoms with Gasteiger partial charge in [0.25, 0.3) is 0 Å². The average molecular weight is 205 g/mol. The van der Waals surface area contributed by atoms with Crippen LogP contribution >= 0.6 is 0 Å². The fourth-order valence-corrected chi connectivity index (χ4v) is 1.32. The molecule has 0 spiro atoms. The minimum absolute atomic E-state index is 0.141. The maximum atomic E-state index is 11.0. The zero-order chi connectivity index (χ0) is 10.9. The van der Waals surface area contributed by atoms with Crippen molar-refractivity contribution in [1.82, 2.24) is 0 Å². The Kier molecular flexibility index (Phi) is 5.52. The Hall–Kier alpha value is -1.31. The monoisotopic (exact) mass is 205 g/mol. The van der Waals surface area contributed by atoms with Crippen LogP contribution in [-0.4, -0.2) is 12.6 Å². The fraction of sp³-hybridized carbons (Fsp3) is 0.385. The predicted octanol–water partition coefficient (Wildman–Crippen LogP) is 2.78. The van der Waals surface area contributed by atoms with Gasteiger partial charge in [-0.15, -0.1) is 0 Å². The van der Waals surface area contributed by atoms with Gasteiger partial charge < -0.3 is 4.74 Å². The average Bonchev–Trinajstić information content (AvgIpc) is 2.26. The highest BCUT2D eigenvalue weighted by atomic mass is 16.5. The van der Waals surface area contributed by atoms with Crippen LogP contribution in [0.25, 0.3) is 0 Å². The molecule has 0 saturated heterocycles. The number of hydrogen-bond acceptors (Lipinski definition) is 2.